The van der Waals surface area contributed by atoms with Gasteiger partial charge in [0.1, 0.15) is 5.54 Å². The van der Waals surface area contributed by atoms with E-state index < -0.39 is 6.43 Å². The first-order valence-corrected chi connectivity index (χ1v) is 18.4. The minimum absolute atomic E-state index is 0.0339. The molecule has 2 N–H and O–H groups in total. The van der Waals surface area contributed by atoms with Gasteiger partial charge in [0.15, 0.2) is 5.82 Å². The molecule has 13 nitrogen and oxygen atoms in total. The first-order valence-electron chi connectivity index (χ1n) is 18.4. The van der Waals surface area contributed by atoms with Gasteiger partial charge >= 0.3 is 0 Å². The predicted molar refractivity (Wildman–Crippen MR) is 198 cm³/mol. The van der Waals surface area contributed by atoms with Gasteiger partial charge in [-0.3, -0.25) is 28.9 Å². The largest absolute Gasteiger partial charge is 0.377 e. The Kier molecular flexibility index (Phi) is 10.6. The number of carbonyl (C=O) groups excluding carboxylic acids is 3. The van der Waals surface area contributed by atoms with Crippen molar-refractivity contribution in [1.29, 1.82) is 0 Å². The predicted octanol–water partition coefficient (Wildman–Crippen LogP) is 4.22. The molecule has 4 aromatic rings. The monoisotopic (exact) mass is 743 g/mol. The molecule has 1 spiro atoms. The molecule has 2 fully saturated rings. The number of aromatic nitrogens is 4. The van der Waals surface area contributed by atoms with Crippen molar-refractivity contribution in [3.8, 4) is 0 Å². The zero-order chi connectivity index (χ0) is 38.1. The van der Waals surface area contributed by atoms with E-state index in [1.54, 1.807) is 42.2 Å². The van der Waals surface area contributed by atoms with Crippen molar-refractivity contribution in [2.24, 2.45) is 0 Å². The van der Waals surface area contributed by atoms with E-state index in [-0.39, 0.29) is 42.4 Å². The molecule has 3 aliphatic heterocycles. The van der Waals surface area contributed by atoms with Gasteiger partial charge in [-0.25, -0.2) is 13.8 Å². The van der Waals surface area contributed by atoms with Crippen molar-refractivity contribution < 1.29 is 27.9 Å². The number of hydrogen-bond acceptors (Lipinski definition) is 8. The second-order valence-corrected chi connectivity index (χ2v) is 14.7. The average molecular weight is 744 g/mol. The molecule has 0 radical (unpaired) electrons. The summed E-state index contributed by atoms with van der Waals surface area (Å²) in [7, 11) is 3.48. The first kappa shape index (κ1) is 37.3. The summed E-state index contributed by atoms with van der Waals surface area (Å²) in [5, 5.41) is 10.4. The molecule has 0 aliphatic carbocycles. The smallest absolute Gasteiger partial charge is 0.287 e. The number of nitrogens with zero attached hydrogens (tertiary/aromatic N) is 7. The fourth-order valence-electron chi connectivity index (χ4n) is 7.94. The number of carbonyl (C=O) groups is 3. The molecule has 0 saturated carbocycles. The van der Waals surface area contributed by atoms with Gasteiger partial charge in [0.25, 0.3) is 24.1 Å². The molecule has 5 heterocycles. The molecule has 15 heteroatoms. The zero-order valence-electron chi connectivity index (χ0n) is 31.1. The van der Waals surface area contributed by atoms with Gasteiger partial charge in [-0.15, -0.1) is 0 Å². The standard InChI is InChI=1S/C39H47F2N9O4/c1-25-34-39(23-54-24-39)48(21-28-5-9-29(10-6-28)38(53)46(3)4)17-18-49(34)35(44-25)37(52)42-19-27-7-11-30(12-8-27)45-36(51)32-20-43-50(26(32)2)31-13-15-47(16-14-31)22-33(40)41/h5-12,20,31,33H,13-19,21-24H2,1-4H3,(H,42,52)(H,45,51). The summed E-state index contributed by atoms with van der Waals surface area (Å²) in [5.41, 5.74) is 5.82. The van der Waals surface area contributed by atoms with Crippen LogP contribution in [0.1, 0.15) is 78.4 Å². The summed E-state index contributed by atoms with van der Waals surface area (Å²) < 4.78 is 35.2. The van der Waals surface area contributed by atoms with Gasteiger partial charge in [-0.2, -0.15) is 5.10 Å². The molecule has 286 valence electrons. The number of imidazole rings is 1. The third-order valence-corrected chi connectivity index (χ3v) is 10.9. The molecular formula is C39H47F2N9O4. The quantitative estimate of drug-likeness (QED) is 0.234. The topological polar surface area (TPSA) is 130 Å². The number of anilines is 1. The lowest BCUT2D eigenvalue weighted by molar-refractivity contribution is -0.163. The second-order valence-electron chi connectivity index (χ2n) is 14.7. The van der Waals surface area contributed by atoms with Crippen LogP contribution in [0.5, 0.6) is 0 Å². The van der Waals surface area contributed by atoms with Gasteiger partial charge < -0.3 is 24.8 Å². The minimum Gasteiger partial charge on any atom is -0.377 e. The van der Waals surface area contributed by atoms with Crippen molar-refractivity contribution in [1.82, 2.24) is 39.3 Å². The number of aryl methyl sites for hydroxylation is 1. The van der Waals surface area contributed by atoms with Crippen LogP contribution in [0.15, 0.2) is 54.7 Å². The van der Waals surface area contributed by atoms with E-state index in [0.29, 0.717) is 81.4 Å². The SMILES string of the molecule is Cc1nc(C(=O)NCc2ccc(NC(=O)c3cnn(C4CCN(CC(F)F)CC4)c3C)cc2)n2c1C1(COC1)N(Cc1ccc(C(=O)N(C)C)cc1)CC2. The lowest BCUT2D eigenvalue weighted by atomic mass is 9.86. The molecule has 54 heavy (non-hydrogen) atoms. The van der Waals surface area contributed by atoms with Gasteiger partial charge in [0.05, 0.1) is 48.9 Å². The van der Waals surface area contributed by atoms with Crippen LogP contribution in [-0.4, -0.2) is 112 Å². The molecular weight excluding hydrogens is 696 g/mol. The van der Waals surface area contributed by atoms with Crippen LogP contribution in [0.25, 0.3) is 0 Å². The maximum atomic E-state index is 13.5. The highest BCUT2D eigenvalue weighted by molar-refractivity contribution is 6.04. The fraction of sp³-hybridized carbons (Fsp3) is 0.462. The maximum Gasteiger partial charge on any atom is 0.287 e. The first-order chi connectivity index (χ1) is 25.9. The Morgan fingerprint density at radius 1 is 0.944 bits per heavy atom. The van der Waals surface area contributed by atoms with Crippen LogP contribution in [0.3, 0.4) is 0 Å². The third kappa shape index (κ3) is 7.39. The van der Waals surface area contributed by atoms with Crippen molar-refractivity contribution in [3.63, 3.8) is 0 Å². The summed E-state index contributed by atoms with van der Waals surface area (Å²) in [6, 6.07) is 15.1. The number of alkyl halides is 2. The number of piperidine rings is 1. The van der Waals surface area contributed by atoms with Gasteiger partial charge in [-0.1, -0.05) is 24.3 Å². The Bertz CT molecular complexity index is 2000. The number of amides is 3. The lowest BCUT2D eigenvalue weighted by Gasteiger charge is -2.52. The Hall–Kier alpha value is -4.99. The number of hydrogen-bond donors (Lipinski definition) is 2. The molecule has 2 saturated heterocycles. The van der Waals surface area contributed by atoms with E-state index in [1.807, 2.05) is 59.5 Å². The van der Waals surface area contributed by atoms with Gasteiger partial charge in [0.2, 0.25) is 0 Å². The highest BCUT2D eigenvalue weighted by Crippen LogP contribution is 2.42. The van der Waals surface area contributed by atoms with Crippen molar-refractivity contribution in [2.45, 2.75) is 64.3 Å². The normalized spacial score (nSPS) is 17.3. The van der Waals surface area contributed by atoms with E-state index in [4.69, 9.17) is 9.72 Å². The molecule has 0 atom stereocenters. The second kappa shape index (κ2) is 15.4. The summed E-state index contributed by atoms with van der Waals surface area (Å²) >= 11 is 0. The maximum absolute atomic E-state index is 13.5. The van der Waals surface area contributed by atoms with Crippen molar-refractivity contribution >= 4 is 23.4 Å². The average Bonchev–Trinajstić information content (AvgIpc) is 3.70. The fourth-order valence-corrected chi connectivity index (χ4v) is 7.94. The summed E-state index contributed by atoms with van der Waals surface area (Å²) in [6.07, 6.45) is 0.610. The third-order valence-electron chi connectivity index (χ3n) is 10.9. The number of halogens is 2. The van der Waals surface area contributed by atoms with Crippen LogP contribution in [0.2, 0.25) is 0 Å². The van der Waals surface area contributed by atoms with Crippen molar-refractivity contribution in [2.75, 3.05) is 58.8 Å². The van der Waals surface area contributed by atoms with Crippen LogP contribution >= 0.6 is 0 Å². The zero-order valence-corrected chi connectivity index (χ0v) is 31.1. The molecule has 2 aromatic heterocycles. The van der Waals surface area contributed by atoms with E-state index in [1.165, 1.54) is 0 Å². The molecule has 7 rings (SSSR count). The van der Waals surface area contributed by atoms with Gasteiger partial charge in [-0.05, 0) is 62.1 Å². The van der Waals surface area contributed by atoms with Crippen LogP contribution in [0.4, 0.5) is 14.5 Å². The Labute approximate surface area is 313 Å². The van der Waals surface area contributed by atoms with E-state index in [2.05, 4.69) is 20.6 Å². The number of rotatable bonds is 11. The number of benzene rings is 2. The highest BCUT2D eigenvalue weighted by Gasteiger charge is 2.51. The molecule has 0 unspecified atom stereocenters. The number of nitrogens with one attached hydrogen (secondary N) is 2. The van der Waals surface area contributed by atoms with Crippen LogP contribution < -0.4 is 10.6 Å². The van der Waals surface area contributed by atoms with E-state index >= 15 is 0 Å². The van der Waals surface area contributed by atoms with Gasteiger partial charge in [0, 0.05) is 70.3 Å². The Morgan fingerprint density at radius 3 is 2.26 bits per heavy atom. The molecule has 3 aliphatic rings. The molecule has 2 aromatic carbocycles. The van der Waals surface area contributed by atoms with Crippen LogP contribution in [-0.2, 0) is 29.9 Å². The van der Waals surface area contributed by atoms with E-state index in [9.17, 15) is 23.2 Å². The Balaban J connectivity index is 0.947. The van der Waals surface area contributed by atoms with E-state index in [0.717, 1.165) is 28.2 Å². The van der Waals surface area contributed by atoms with Crippen LogP contribution in [0, 0.1) is 13.8 Å². The highest BCUT2D eigenvalue weighted by atomic mass is 19.3. The minimum atomic E-state index is -2.34. The molecule has 3 amide bonds. The summed E-state index contributed by atoms with van der Waals surface area (Å²) in [5.74, 6) is -0.206. The lowest BCUT2D eigenvalue weighted by Crippen LogP contribution is -2.63. The van der Waals surface area contributed by atoms with Crippen molar-refractivity contribution in [3.05, 3.63) is 99.9 Å². The Morgan fingerprint density at radius 2 is 1.63 bits per heavy atom. The summed E-state index contributed by atoms with van der Waals surface area (Å²) in [6.45, 7) is 8.01. The molecule has 0 bridgehead atoms. The number of ether oxygens (including phenoxy) is 1. The number of fused-ring (bicyclic) bond motifs is 2. The summed E-state index contributed by atoms with van der Waals surface area (Å²) in [4.78, 5) is 49.5. The number of likely N-dealkylation sites (tertiary alicyclic amines) is 1.